The van der Waals surface area contributed by atoms with Crippen LogP contribution in [0.15, 0.2) is 30.3 Å². The third-order valence-electron chi connectivity index (χ3n) is 4.92. The Hall–Kier alpha value is -0.900. The molecule has 3 heteroatoms. The first-order valence-electron chi connectivity index (χ1n) is 7.67. The van der Waals surface area contributed by atoms with Crippen molar-refractivity contribution in [3.05, 3.63) is 35.9 Å². The van der Waals surface area contributed by atoms with Crippen molar-refractivity contribution < 1.29 is 14.9 Å². The number of aliphatic hydroxyl groups is 1. The molecular formula is C17H24O3. The van der Waals surface area contributed by atoms with E-state index in [0.29, 0.717) is 12.3 Å². The largest absolute Gasteiger partial charge is 0.396 e. The molecule has 1 spiro atoms. The van der Waals surface area contributed by atoms with Crippen LogP contribution in [0.5, 0.6) is 0 Å². The van der Waals surface area contributed by atoms with Crippen molar-refractivity contribution in [1.29, 1.82) is 0 Å². The van der Waals surface area contributed by atoms with Crippen molar-refractivity contribution >= 4 is 0 Å². The van der Waals surface area contributed by atoms with E-state index in [2.05, 4.69) is 30.3 Å². The summed E-state index contributed by atoms with van der Waals surface area (Å²) in [4.78, 5) is 11.3. The van der Waals surface area contributed by atoms with E-state index in [0.717, 1.165) is 32.1 Å². The zero-order valence-electron chi connectivity index (χ0n) is 12.2. The van der Waals surface area contributed by atoms with Crippen molar-refractivity contribution in [1.82, 2.24) is 0 Å². The van der Waals surface area contributed by atoms with Gasteiger partial charge in [-0.25, -0.2) is 9.78 Å². The van der Waals surface area contributed by atoms with Gasteiger partial charge in [0.15, 0.2) is 0 Å². The van der Waals surface area contributed by atoms with E-state index >= 15 is 0 Å². The number of hydrogen-bond acceptors (Lipinski definition) is 3. The van der Waals surface area contributed by atoms with Crippen molar-refractivity contribution in [3.63, 3.8) is 0 Å². The Balaban J connectivity index is 1.62. The molecule has 2 aliphatic rings. The standard InChI is InChI=1S/C17H24O3/c1-16(11-12-18)13-17(20-19-16)9-7-15(8-10-17)14-5-3-2-4-6-14/h2-6,15,18H,7-13H2,1H3. The molecule has 110 valence electrons. The average Bonchev–Trinajstić information content (AvgIpc) is 2.78. The normalized spacial score (nSPS) is 37.4. The van der Waals surface area contributed by atoms with Crippen molar-refractivity contribution in [2.45, 2.75) is 62.6 Å². The second-order valence-electron chi connectivity index (χ2n) is 6.63. The predicted molar refractivity (Wildman–Crippen MR) is 77.3 cm³/mol. The van der Waals surface area contributed by atoms with E-state index in [-0.39, 0.29) is 17.8 Å². The molecule has 1 heterocycles. The van der Waals surface area contributed by atoms with E-state index in [1.165, 1.54) is 5.56 Å². The quantitative estimate of drug-likeness (QED) is 0.858. The van der Waals surface area contributed by atoms with E-state index < -0.39 is 0 Å². The third kappa shape index (κ3) is 2.76. The van der Waals surface area contributed by atoms with Crippen LogP contribution in [0.4, 0.5) is 0 Å². The Labute approximate surface area is 120 Å². The molecule has 1 saturated heterocycles. The molecule has 1 aromatic carbocycles. The Bertz CT molecular complexity index is 437. The SMILES string of the molecule is CC1(CCO)CC2(CCC(c3ccccc3)CC2)OO1. The molecule has 1 aromatic rings. The van der Waals surface area contributed by atoms with Crippen molar-refractivity contribution in [2.75, 3.05) is 6.61 Å². The second-order valence-corrected chi connectivity index (χ2v) is 6.63. The van der Waals surface area contributed by atoms with Crippen molar-refractivity contribution in [3.8, 4) is 0 Å². The summed E-state index contributed by atoms with van der Waals surface area (Å²) < 4.78 is 0. The van der Waals surface area contributed by atoms with Gasteiger partial charge in [-0.1, -0.05) is 30.3 Å². The van der Waals surface area contributed by atoms with Gasteiger partial charge in [-0.2, -0.15) is 0 Å². The van der Waals surface area contributed by atoms with Gasteiger partial charge in [0.2, 0.25) is 0 Å². The average molecular weight is 276 g/mol. The van der Waals surface area contributed by atoms with E-state index in [9.17, 15) is 0 Å². The van der Waals surface area contributed by atoms with Gasteiger partial charge in [0, 0.05) is 19.4 Å². The van der Waals surface area contributed by atoms with Gasteiger partial charge in [-0.3, -0.25) is 0 Å². The molecule has 1 N–H and O–H groups in total. The summed E-state index contributed by atoms with van der Waals surface area (Å²) in [6, 6.07) is 10.8. The summed E-state index contributed by atoms with van der Waals surface area (Å²) in [7, 11) is 0. The first-order chi connectivity index (χ1) is 9.65. The van der Waals surface area contributed by atoms with Gasteiger partial charge >= 0.3 is 0 Å². The van der Waals surface area contributed by atoms with Crippen LogP contribution < -0.4 is 0 Å². The lowest BCUT2D eigenvalue weighted by molar-refractivity contribution is -0.353. The Morgan fingerprint density at radius 1 is 1.15 bits per heavy atom. The van der Waals surface area contributed by atoms with E-state index in [1.54, 1.807) is 0 Å². The first kappa shape index (κ1) is 14.1. The monoisotopic (exact) mass is 276 g/mol. The zero-order valence-corrected chi connectivity index (χ0v) is 12.2. The van der Waals surface area contributed by atoms with Crippen LogP contribution in [-0.2, 0) is 9.78 Å². The maximum absolute atomic E-state index is 9.13. The van der Waals surface area contributed by atoms with Crippen LogP contribution in [0.3, 0.4) is 0 Å². The molecule has 0 radical (unpaired) electrons. The van der Waals surface area contributed by atoms with Crippen LogP contribution in [0.1, 0.15) is 56.9 Å². The molecule has 0 amide bonds. The number of hydrogen-bond donors (Lipinski definition) is 1. The Kier molecular flexibility index (Phi) is 3.85. The number of aliphatic hydroxyl groups excluding tert-OH is 1. The van der Waals surface area contributed by atoms with Gasteiger partial charge in [0.1, 0.15) is 11.2 Å². The minimum absolute atomic E-state index is 0.116. The summed E-state index contributed by atoms with van der Waals surface area (Å²) in [6.07, 6.45) is 5.96. The topological polar surface area (TPSA) is 38.7 Å². The van der Waals surface area contributed by atoms with Gasteiger partial charge in [0.25, 0.3) is 0 Å². The lowest BCUT2D eigenvalue weighted by atomic mass is 9.72. The summed E-state index contributed by atoms with van der Waals surface area (Å²) >= 11 is 0. The molecule has 3 rings (SSSR count). The van der Waals surface area contributed by atoms with Crippen LogP contribution >= 0.6 is 0 Å². The first-order valence-corrected chi connectivity index (χ1v) is 7.67. The molecule has 1 saturated carbocycles. The highest BCUT2D eigenvalue weighted by atomic mass is 17.2. The van der Waals surface area contributed by atoms with Gasteiger partial charge in [-0.05, 0) is 44.1 Å². The molecule has 0 aromatic heterocycles. The Morgan fingerprint density at radius 3 is 2.50 bits per heavy atom. The molecule has 1 aliphatic heterocycles. The zero-order chi connectivity index (χ0) is 14.1. The van der Waals surface area contributed by atoms with Crippen molar-refractivity contribution in [2.24, 2.45) is 0 Å². The minimum Gasteiger partial charge on any atom is -0.396 e. The Morgan fingerprint density at radius 2 is 1.85 bits per heavy atom. The summed E-state index contributed by atoms with van der Waals surface area (Å²) in [5, 5.41) is 9.13. The molecular weight excluding hydrogens is 252 g/mol. The maximum atomic E-state index is 9.13. The fraction of sp³-hybridized carbons (Fsp3) is 0.647. The highest BCUT2D eigenvalue weighted by Crippen LogP contribution is 2.49. The highest BCUT2D eigenvalue weighted by Gasteiger charge is 2.50. The summed E-state index contributed by atoms with van der Waals surface area (Å²) in [5.74, 6) is 0.648. The summed E-state index contributed by atoms with van der Waals surface area (Å²) in [5.41, 5.74) is 1.02. The van der Waals surface area contributed by atoms with Crippen LogP contribution in [0, 0.1) is 0 Å². The maximum Gasteiger partial charge on any atom is 0.106 e. The highest BCUT2D eigenvalue weighted by molar-refractivity contribution is 5.20. The minimum atomic E-state index is -0.311. The van der Waals surface area contributed by atoms with Gasteiger partial charge in [0.05, 0.1) is 0 Å². The van der Waals surface area contributed by atoms with Crippen LogP contribution in [0.2, 0.25) is 0 Å². The third-order valence-corrected chi connectivity index (χ3v) is 4.92. The molecule has 1 aliphatic carbocycles. The van der Waals surface area contributed by atoms with Crippen LogP contribution in [0.25, 0.3) is 0 Å². The molecule has 0 bridgehead atoms. The molecule has 3 nitrogen and oxygen atoms in total. The fourth-order valence-electron chi connectivity index (χ4n) is 3.76. The van der Waals surface area contributed by atoms with E-state index in [1.807, 2.05) is 6.92 Å². The van der Waals surface area contributed by atoms with E-state index in [4.69, 9.17) is 14.9 Å². The summed E-state index contributed by atoms with van der Waals surface area (Å²) in [6.45, 7) is 2.20. The smallest absolute Gasteiger partial charge is 0.106 e. The fourth-order valence-corrected chi connectivity index (χ4v) is 3.76. The van der Waals surface area contributed by atoms with Gasteiger partial charge in [-0.15, -0.1) is 0 Å². The molecule has 1 atom stereocenters. The van der Waals surface area contributed by atoms with Gasteiger partial charge < -0.3 is 5.11 Å². The number of benzene rings is 1. The lowest BCUT2D eigenvalue weighted by Crippen LogP contribution is -2.35. The van der Waals surface area contributed by atoms with Crippen LogP contribution in [-0.4, -0.2) is 22.9 Å². The predicted octanol–water partition coefficient (Wildman–Crippen LogP) is 3.58. The molecule has 2 fully saturated rings. The lowest BCUT2D eigenvalue weighted by Gasteiger charge is -2.35. The second kappa shape index (κ2) is 5.47. The molecule has 20 heavy (non-hydrogen) atoms. The number of rotatable bonds is 3. The molecule has 1 unspecified atom stereocenters.